The molecule has 3 nitrogen and oxygen atoms in total. The predicted octanol–water partition coefficient (Wildman–Crippen LogP) is 4.63. The highest BCUT2D eigenvalue weighted by atomic mass is 19.1. The Labute approximate surface area is 128 Å². The van der Waals surface area contributed by atoms with Crippen molar-refractivity contribution in [2.45, 2.75) is 40.0 Å². The lowest BCUT2D eigenvalue weighted by Crippen LogP contribution is -2.18. The van der Waals surface area contributed by atoms with Crippen LogP contribution in [0.1, 0.15) is 50.4 Å². The van der Waals surface area contributed by atoms with Gasteiger partial charge in [0, 0.05) is 0 Å². The number of oxime groups is 1. The monoisotopic (exact) mass is 307 g/mol. The summed E-state index contributed by atoms with van der Waals surface area (Å²) in [6, 6.07) is 3.21. The third-order valence-electron chi connectivity index (χ3n) is 3.79. The minimum absolute atomic E-state index is 0.436. The maximum Gasteiger partial charge on any atom is 0.371 e. The van der Waals surface area contributed by atoms with Crippen molar-refractivity contribution in [1.82, 2.24) is 0 Å². The van der Waals surface area contributed by atoms with Crippen LogP contribution in [0.2, 0.25) is 0 Å². The molecule has 0 N–H and O–H groups in total. The Morgan fingerprint density at radius 2 is 1.91 bits per heavy atom. The Morgan fingerprint density at radius 3 is 2.50 bits per heavy atom. The number of hydrogen-bond donors (Lipinski definition) is 0. The van der Waals surface area contributed by atoms with E-state index >= 15 is 0 Å². The van der Waals surface area contributed by atoms with E-state index in [-0.39, 0.29) is 0 Å². The maximum absolute atomic E-state index is 13.5. The van der Waals surface area contributed by atoms with Gasteiger partial charge in [-0.3, -0.25) is 0 Å². The molecule has 1 saturated carbocycles. The van der Waals surface area contributed by atoms with Gasteiger partial charge < -0.3 is 4.84 Å². The van der Waals surface area contributed by atoms with Crippen molar-refractivity contribution in [3.05, 3.63) is 46.5 Å². The number of nitrogens with zero attached hydrogens (tertiary/aromatic N) is 1. The molecule has 0 radical (unpaired) electrons. The van der Waals surface area contributed by atoms with E-state index in [1.54, 1.807) is 0 Å². The first-order valence-electron chi connectivity index (χ1n) is 7.29. The maximum atomic E-state index is 13.5. The largest absolute Gasteiger partial charge is 0.371 e. The van der Waals surface area contributed by atoms with E-state index in [9.17, 15) is 13.6 Å². The highest BCUT2D eigenvalue weighted by Gasteiger charge is 2.23. The van der Waals surface area contributed by atoms with E-state index in [1.807, 2.05) is 13.8 Å². The molecule has 1 aromatic carbocycles. The summed E-state index contributed by atoms with van der Waals surface area (Å²) in [4.78, 5) is 16.7. The molecule has 1 fully saturated rings. The number of allylic oxidation sites excluding steroid dienone is 2. The average molecular weight is 307 g/mol. The van der Waals surface area contributed by atoms with Crippen molar-refractivity contribution in [1.29, 1.82) is 0 Å². The minimum Gasteiger partial charge on any atom is -0.312 e. The Hall–Kier alpha value is -2.04. The zero-order valence-corrected chi connectivity index (χ0v) is 13.0. The molecule has 0 aliphatic heterocycles. The van der Waals surface area contributed by atoms with Crippen LogP contribution in [0.15, 0.2) is 34.5 Å². The quantitative estimate of drug-likeness (QED) is 0.590. The van der Waals surface area contributed by atoms with Gasteiger partial charge in [0.2, 0.25) is 0 Å². The van der Waals surface area contributed by atoms with Crippen LogP contribution in [-0.2, 0) is 4.84 Å². The van der Waals surface area contributed by atoms with Crippen molar-refractivity contribution in [3.63, 3.8) is 0 Å². The molecule has 0 amide bonds. The summed E-state index contributed by atoms with van der Waals surface area (Å²) < 4.78 is 27.1. The Morgan fingerprint density at radius 1 is 1.27 bits per heavy atom. The number of halogens is 2. The minimum atomic E-state index is -1.12. The van der Waals surface area contributed by atoms with E-state index in [0.29, 0.717) is 18.1 Å². The second-order valence-electron chi connectivity index (χ2n) is 5.84. The molecule has 0 aromatic heterocycles. The molecule has 1 aliphatic rings. The highest BCUT2D eigenvalue weighted by Crippen LogP contribution is 2.28. The average Bonchev–Trinajstić information content (AvgIpc) is 2.44. The fourth-order valence-electron chi connectivity index (χ4n) is 2.56. The van der Waals surface area contributed by atoms with E-state index in [4.69, 9.17) is 4.84 Å². The third-order valence-corrected chi connectivity index (χ3v) is 3.79. The molecular formula is C17H19F2NO2. The molecule has 0 spiro atoms. The molecule has 0 heterocycles. The van der Waals surface area contributed by atoms with E-state index in [2.05, 4.69) is 12.1 Å². The molecule has 0 bridgehead atoms. The van der Waals surface area contributed by atoms with Gasteiger partial charge in [-0.15, -0.1) is 0 Å². The Balaban J connectivity index is 2.22. The number of rotatable bonds is 2. The van der Waals surface area contributed by atoms with Gasteiger partial charge in [-0.25, -0.2) is 13.6 Å². The highest BCUT2D eigenvalue weighted by molar-refractivity contribution is 6.01. The second-order valence-corrected chi connectivity index (χ2v) is 5.84. The zero-order chi connectivity index (χ0) is 16.3. The fraction of sp³-hybridized carbons (Fsp3) is 0.412. The van der Waals surface area contributed by atoms with Crippen LogP contribution in [0.25, 0.3) is 0 Å². The first-order chi connectivity index (χ1) is 10.4. The lowest BCUT2D eigenvalue weighted by atomic mass is 9.84. The van der Waals surface area contributed by atoms with Crippen LogP contribution >= 0.6 is 0 Å². The summed E-state index contributed by atoms with van der Waals surface area (Å²) in [6.07, 6.45) is 2.61. The van der Waals surface area contributed by atoms with Crippen LogP contribution in [0.5, 0.6) is 0 Å². The number of hydrogen-bond acceptors (Lipinski definition) is 3. The molecule has 22 heavy (non-hydrogen) atoms. The summed E-state index contributed by atoms with van der Waals surface area (Å²) in [5.41, 5.74) is 2.14. The lowest BCUT2D eigenvalue weighted by Gasteiger charge is -2.23. The number of carbonyl (C=O) groups excluding carboxylic acids is 1. The Bertz CT molecular complexity index is 626. The van der Waals surface area contributed by atoms with E-state index in [0.717, 1.165) is 36.1 Å². The molecule has 0 saturated heterocycles. The van der Waals surface area contributed by atoms with Crippen LogP contribution < -0.4 is 0 Å². The molecular weight excluding hydrogens is 288 g/mol. The number of benzene rings is 1. The van der Waals surface area contributed by atoms with Crippen molar-refractivity contribution < 1.29 is 18.4 Å². The van der Waals surface area contributed by atoms with Gasteiger partial charge >= 0.3 is 5.97 Å². The topological polar surface area (TPSA) is 38.7 Å². The lowest BCUT2D eigenvalue weighted by molar-refractivity contribution is 0.0503. The smallest absolute Gasteiger partial charge is 0.312 e. The number of carbonyl (C=O) groups is 1. The van der Waals surface area contributed by atoms with Gasteiger partial charge in [0.1, 0.15) is 17.2 Å². The van der Waals surface area contributed by atoms with Gasteiger partial charge in [0.05, 0.1) is 5.71 Å². The summed E-state index contributed by atoms with van der Waals surface area (Å²) in [7, 11) is 0. The predicted molar refractivity (Wildman–Crippen MR) is 80.6 cm³/mol. The van der Waals surface area contributed by atoms with Crippen LogP contribution in [0.4, 0.5) is 8.78 Å². The molecule has 1 aromatic rings. The van der Waals surface area contributed by atoms with E-state index < -0.39 is 23.2 Å². The van der Waals surface area contributed by atoms with E-state index in [1.165, 1.54) is 6.07 Å². The molecule has 1 unspecified atom stereocenters. The molecule has 1 aliphatic carbocycles. The van der Waals surface area contributed by atoms with Gasteiger partial charge in [0.15, 0.2) is 0 Å². The first-order valence-corrected chi connectivity index (χ1v) is 7.29. The van der Waals surface area contributed by atoms with Gasteiger partial charge in [-0.1, -0.05) is 23.7 Å². The summed E-state index contributed by atoms with van der Waals surface area (Å²) in [5.74, 6) is -2.59. The van der Waals surface area contributed by atoms with Crippen molar-refractivity contribution in [3.8, 4) is 0 Å². The Kier molecular flexibility index (Phi) is 5.06. The first kappa shape index (κ1) is 16.3. The van der Waals surface area contributed by atoms with Crippen LogP contribution in [-0.4, -0.2) is 11.7 Å². The normalized spacial score (nSPS) is 20.1. The fourth-order valence-corrected chi connectivity index (χ4v) is 2.56. The van der Waals surface area contributed by atoms with Crippen molar-refractivity contribution >= 4 is 11.7 Å². The molecule has 5 heteroatoms. The zero-order valence-electron chi connectivity index (χ0n) is 13.0. The molecule has 1 atom stereocenters. The van der Waals surface area contributed by atoms with Crippen molar-refractivity contribution in [2.75, 3.05) is 0 Å². The van der Waals surface area contributed by atoms with Crippen LogP contribution in [0.3, 0.4) is 0 Å². The second kappa shape index (κ2) is 6.81. The summed E-state index contributed by atoms with van der Waals surface area (Å²) in [5, 5.41) is 3.87. The standard InChI is InChI=1S/C17H19F2NO2/c1-10(2)12-8-7-11(3)9-15(12)20-22-17(21)16-13(18)5-4-6-14(16)19/h4-6,11H,7-9H2,1-3H3. The van der Waals surface area contributed by atoms with Crippen molar-refractivity contribution in [2.24, 2.45) is 11.1 Å². The molecule has 2 rings (SSSR count). The van der Waals surface area contributed by atoms with Gasteiger partial charge in [0.25, 0.3) is 0 Å². The van der Waals surface area contributed by atoms with Crippen LogP contribution in [0, 0.1) is 17.6 Å². The summed E-state index contributed by atoms with van der Waals surface area (Å²) >= 11 is 0. The summed E-state index contributed by atoms with van der Waals surface area (Å²) in [6.45, 7) is 6.04. The van der Waals surface area contributed by atoms with Gasteiger partial charge in [-0.2, -0.15) is 0 Å². The molecule has 118 valence electrons. The van der Waals surface area contributed by atoms with Gasteiger partial charge in [-0.05, 0) is 56.7 Å². The SMILES string of the molecule is CC(C)=C1CCC(C)CC1=NOC(=O)c1c(F)cccc1F. The third kappa shape index (κ3) is 3.59.